The van der Waals surface area contributed by atoms with Crippen molar-refractivity contribution >= 4 is 17.4 Å². The number of carbonyl (C=O) groups is 1. The van der Waals surface area contributed by atoms with Crippen LogP contribution >= 0.6 is 0 Å². The van der Waals surface area contributed by atoms with Crippen LogP contribution in [-0.4, -0.2) is 31.2 Å². The first kappa shape index (κ1) is 16.5. The minimum absolute atomic E-state index is 0.242. The summed E-state index contributed by atoms with van der Waals surface area (Å²) in [5.74, 6) is 0.476. The lowest BCUT2D eigenvalue weighted by Gasteiger charge is -2.07. The van der Waals surface area contributed by atoms with Crippen LogP contribution in [-0.2, 0) is 4.74 Å². The number of nitrogens with zero attached hydrogens (tertiary/aromatic N) is 2. The van der Waals surface area contributed by atoms with Crippen molar-refractivity contribution in [2.45, 2.75) is 6.42 Å². The van der Waals surface area contributed by atoms with Gasteiger partial charge in [-0.1, -0.05) is 0 Å². The molecule has 0 bridgehead atoms. The number of ether oxygens (including phenoxy) is 1. The fourth-order valence-corrected chi connectivity index (χ4v) is 1.90. The van der Waals surface area contributed by atoms with Crippen LogP contribution in [0.2, 0.25) is 0 Å². The fourth-order valence-electron chi connectivity index (χ4n) is 1.90. The number of amides is 1. The molecule has 1 amide bonds. The maximum absolute atomic E-state index is 12.1. The number of benzene rings is 1. The summed E-state index contributed by atoms with van der Waals surface area (Å²) in [5, 5.41) is 14.7. The summed E-state index contributed by atoms with van der Waals surface area (Å²) in [6.07, 6.45) is 2.41. The molecule has 0 saturated heterocycles. The maximum atomic E-state index is 12.1. The number of nitrogens with one attached hydrogen (secondary N) is 2. The normalized spacial score (nSPS) is 9.91. The Kier molecular flexibility index (Phi) is 6.09. The van der Waals surface area contributed by atoms with E-state index in [0.717, 1.165) is 18.8 Å². The molecule has 118 valence electrons. The Labute approximate surface area is 135 Å². The van der Waals surface area contributed by atoms with E-state index in [1.165, 1.54) is 6.20 Å². The van der Waals surface area contributed by atoms with Gasteiger partial charge in [-0.15, -0.1) is 0 Å². The van der Waals surface area contributed by atoms with Crippen LogP contribution in [0.5, 0.6) is 0 Å². The third kappa shape index (κ3) is 5.09. The largest absolute Gasteiger partial charge is 0.385 e. The Balaban J connectivity index is 1.90. The lowest BCUT2D eigenvalue weighted by molar-refractivity contribution is 0.102. The lowest BCUT2D eigenvalue weighted by Crippen LogP contribution is -2.13. The van der Waals surface area contributed by atoms with Crippen molar-refractivity contribution in [3.63, 3.8) is 0 Å². The molecule has 0 radical (unpaired) electrons. The monoisotopic (exact) mass is 310 g/mol. The van der Waals surface area contributed by atoms with E-state index < -0.39 is 0 Å². The number of aromatic nitrogens is 1. The van der Waals surface area contributed by atoms with Crippen LogP contribution in [0.15, 0.2) is 42.6 Å². The second-order valence-electron chi connectivity index (χ2n) is 4.85. The van der Waals surface area contributed by atoms with Crippen LogP contribution in [0.4, 0.5) is 11.5 Å². The Morgan fingerprint density at radius 3 is 2.65 bits per heavy atom. The molecular weight excluding hydrogens is 292 g/mol. The third-order valence-electron chi connectivity index (χ3n) is 3.13. The number of rotatable bonds is 7. The second-order valence-corrected chi connectivity index (χ2v) is 4.85. The molecule has 0 atom stereocenters. The Hall–Kier alpha value is -2.91. The lowest BCUT2D eigenvalue weighted by atomic mass is 10.2. The van der Waals surface area contributed by atoms with Crippen LogP contribution in [0.3, 0.4) is 0 Å². The highest BCUT2D eigenvalue weighted by Gasteiger charge is 2.06. The molecular formula is C17H18N4O2. The van der Waals surface area contributed by atoms with Gasteiger partial charge in [-0.25, -0.2) is 4.98 Å². The molecule has 1 aromatic carbocycles. The molecule has 0 unspecified atom stereocenters. The third-order valence-corrected chi connectivity index (χ3v) is 3.13. The molecule has 23 heavy (non-hydrogen) atoms. The molecule has 2 aromatic rings. The smallest absolute Gasteiger partial charge is 0.257 e. The summed E-state index contributed by atoms with van der Waals surface area (Å²) < 4.78 is 4.97. The van der Waals surface area contributed by atoms with E-state index in [0.29, 0.717) is 23.4 Å². The number of anilines is 2. The summed E-state index contributed by atoms with van der Waals surface area (Å²) >= 11 is 0. The highest BCUT2D eigenvalue weighted by molar-refractivity contribution is 6.04. The summed E-state index contributed by atoms with van der Waals surface area (Å²) in [4.78, 5) is 16.3. The first-order valence-corrected chi connectivity index (χ1v) is 7.23. The number of methoxy groups -OCH3 is 1. The summed E-state index contributed by atoms with van der Waals surface area (Å²) in [6.45, 7) is 1.45. The number of nitriles is 1. The number of carbonyl (C=O) groups excluding carboxylic acids is 1. The molecule has 0 aliphatic carbocycles. The molecule has 0 saturated carbocycles. The molecule has 1 heterocycles. The number of hydrogen-bond donors (Lipinski definition) is 2. The van der Waals surface area contributed by atoms with E-state index in [1.807, 2.05) is 6.07 Å². The molecule has 0 fully saturated rings. The van der Waals surface area contributed by atoms with Crippen molar-refractivity contribution in [2.75, 3.05) is 30.9 Å². The molecule has 1 aromatic heterocycles. The standard InChI is InChI=1S/C17H18N4O2/c1-23-10-2-9-19-16-8-5-14(12-20-16)17(22)21-15-6-3-13(11-18)4-7-15/h3-8,12H,2,9-10H2,1H3,(H,19,20)(H,21,22). The first-order chi connectivity index (χ1) is 11.2. The zero-order valence-electron chi connectivity index (χ0n) is 12.9. The van der Waals surface area contributed by atoms with E-state index in [-0.39, 0.29) is 5.91 Å². The number of pyridine rings is 1. The van der Waals surface area contributed by atoms with Crippen molar-refractivity contribution in [3.05, 3.63) is 53.7 Å². The zero-order chi connectivity index (χ0) is 16.5. The Bertz CT molecular complexity index is 675. The van der Waals surface area contributed by atoms with Crippen molar-refractivity contribution in [1.29, 1.82) is 5.26 Å². The van der Waals surface area contributed by atoms with E-state index in [2.05, 4.69) is 15.6 Å². The van der Waals surface area contributed by atoms with Gasteiger partial charge >= 0.3 is 0 Å². The van der Waals surface area contributed by atoms with Crippen LogP contribution in [0.1, 0.15) is 22.3 Å². The molecule has 2 rings (SSSR count). The molecule has 0 spiro atoms. The van der Waals surface area contributed by atoms with Gasteiger partial charge in [-0.05, 0) is 42.8 Å². The second kappa shape index (κ2) is 8.51. The van der Waals surface area contributed by atoms with E-state index in [4.69, 9.17) is 10.00 Å². The molecule has 0 aliphatic heterocycles. The van der Waals surface area contributed by atoms with Gasteiger partial charge in [-0.3, -0.25) is 4.79 Å². The van der Waals surface area contributed by atoms with Gasteiger partial charge in [0.2, 0.25) is 0 Å². The highest BCUT2D eigenvalue weighted by atomic mass is 16.5. The predicted molar refractivity (Wildman–Crippen MR) is 88.3 cm³/mol. The molecule has 0 aliphatic rings. The topological polar surface area (TPSA) is 87.0 Å². The minimum Gasteiger partial charge on any atom is -0.385 e. The van der Waals surface area contributed by atoms with Crippen LogP contribution in [0, 0.1) is 11.3 Å². The SMILES string of the molecule is COCCCNc1ccc(C(=O)Nc2ccc(C#N)cc2)cn1. The van der Waals surface area contributed by atoms with Gasteiger partial charge in [0, 0.05) is 32.1 Å². The average molecular weight is 310 g/mol. The van der Waals surface area contributed by atoms with Gasteiger partial charge in [0.1, 0.15) is 5.82 Å². The van der Waals surface area contributed by atoms with Gasteiger partial charge in [0.15, 0.2) is 0 Å². The Morgan fingerprint density at radius 1 is 1.26 bits per heavy atom. The van der Waals surface area contributed by atoms with E-state index in [1.54, 1.807) is 43.5 Å². The minimum atomic E-state index is -0.242. The molecule has 6 heteroatoms. The van der Waals surface area contributed by atoms with Crippen LogP contribution in [0.25, 0.3) is 0 Å². The summed E-state index contributed by atoms with van der Waals surface area (Å²) in [7, 11) is 1.67. The van der Waals surface area contributed by atoms with E-state index >= 15 is 0 Å². The molecule has 6 nitrogen and oxygen atoms in total. The highest BCUT2D eigenvalue weighted by Crippen LogP contribution is 2.11. The Morgan fingerprint density at radius 2 is 2.04 bits per heavy atom. The summed E-state index contributed by atoms with van der Waals surface area (Å²) in [5.41, 5.74) is 1.65. The van der Waals surface area contributed by atoms with Crippen molar-refractivity contribution in [2.24, 2.45) is 0 Å². The molecule has 2 N–H and O–H groups in total. The maximum Gasteiger partial charge on any atom is 0.257 e. The zero-order valence-corrected chi connectivity index (χ0v) is 12.9. The van der Waals surface area contributed by atoms with Gasteiger partial charge in [-0.2, -0.15) is 5.26 Å². The van der Waals surface area contributed by atoms with Crippen molar-refractivity contribution in [1.82, 2.24) is 4.98 Å². The van der Waals surface area contributed by atoms with E-state index in [9.17, 15) is 4.79 Å². The number of hydrogen-bond acceptors (Lipinski definition) is 5. The van der Waals surface area contributed by atoms with Gasteiger partial charge in [0.05, 0.1) is 17.2 Å². The van der Waals surface area contributed by atoms with Crippen molar-refractivity contribution in [3.8, 4) is 6.07 Å². The van der Waals surface area contributed by atoms with Crippen molar-refractivity contribution < 1.29 is 9.53 Å². The average Bonchev–Trinajstić information content (AvgIpc) is 2.60. The summed E-state index contributed by atoms with van der Waals surface area (Å²) in [6, 6.07) is 12.2. The van der Waals surface area contributed by atoms with Gasteiger partial charge < -0.3 is 15.4 Å². The predicted octanol–water partition coefficient (Wildman–Crippen LogP) is 2.65. The van der Waals surface area contributed by atoms with Crippen LogP contribution < -0.4 is 10.6 Å². The first-order valence-electron chi connectivity index (χ1n) is 7.23. The fraction of sp³-hybridized carbons (Fsp3) is 0.235. The quantitative estimate of drug-likeness (QED) is 0.768. The van der Waals surface area contributed by atoms with Gasteiger partial charge in [0.25, 0.3) is 5.91 Å².